The zero-order chi connectivity index (χ0) is 29.6. The monoisotopic (exact) mass is 588 g/mol. The quantitative estimate of drug-likeness (QED) is 0.274. The van der Waals surface area contributed by atoms with Gasteiger partial charge in [-0.2, -0.15) is 8.78 Å². The molecule has 1 atom stereocenters. The Morgan fingerprint density at radius 1 is 1.20 bits per heavy atom. The van der Waals surface area contributed by atoms with Crippen LogP contribution in [0, 0.1) is 0 Å². The fraction of sp³-hybridized carbons (Fsp3) is 0.500. The predicted octanol–water partition coefficient (Wildman–Crippen LogP) is 7.09. The highest BCUT2D eigenvalue weighted by molar-refractivity contribution is 7.15. The number of hydrogen-bond donors (Lipinski definition) is 0. The molecular formula is C30H34F2N2O6S. The number of rotatable bonds is 7. The van der Waals surface area contributed by atoms with E-state index in [4.69, 9.17) is 14.2 Å². The molecule has 1 unspecified atom stereocenters. The Labute approximate surface area is 240 Å². The van der Waals surface area contributed by atoms with Crippen LogP contribution in [0.1, 0.15) is 86.3 Å². The van der Waals surface area contributed by atoms with E-state index < -0.39 is 29.7 Å². The van der Waals surface area contributed by atoms with Crippen LogP contribution in [0.4, 0.5) is 13.6 Å². The third-order valence-corrected chi connectivity index (χ3v) is 8.53. The minimum Gasteiger partial charge on any atom is -0.462 e. The Kier molecular flexibility index (Phi) is 7.84. The van der Waals surface area contributed by atoms with E-state index in [2.05, 4.69) is 0 Å². The summed E-state index contributed by atoms with van der Waals surface area (Å²) in [6, 6.07) is 4.81. The summed E-state index contributed by atoms with van der Waals surface area (Å²) >= 11 is 1.47. The molecule has 2 aliphatic rings. The van der Waals surface area contributed by atoms with E-state index in [0.717, 1.165) is 42.5 Å². The topological polar surface area (TPSA) is 87.1 Å². The molecule has 0 radical (unpaired) electrons. The van der Waals surface area contributed by atoms with E-state index in [9.17, 15) is 23.2 Å². The van der Waals surface area contributed by atoms with Gasteiger partial charge in [0.15, 0.2) is 5.75 Å². The average molecular weight is 589 g/mol. The molecule has 8 nitrogen and oxygen atoms in total. The highest BCUT2D eigenvalue weighted by Gasteiger charge is 2.34. The van der Waals surface area contributed by atoms with E-state index >= 15 is 0 Å². The summed E-state index contributed by atoms with van der Waals surface area (Å²) < 4.78 is 45.3. The molecule has 1 saturated carbocycles. The second-order valence-corrected chi connectivity index (χ2v) is 12.6. The van der Waals surface area contributed by atoms with Crippen molar-refractivity contribution in [1.29, 1.82) is 0 Å². The third-order valence-electron chi connectivity index (χ3n) is 7.29. The van der Waals surface area contributed by atoms with Crippen molar-refractivity contribution in [2.24, 2.45) is 0 Å². The van der Waals surface area contributed by atoms with Crippen molar-refractivity contribution >= 4 is 34.3 Å². The first kappa shape index (κ1) is 29.0. The molecule has 0 aliphatic heterocycles. The second kappa shape index (κ2) is 11.1. The molecule has 0 spiro atoms. The van der Waals surface area contributed by atoms with Crippen LogP contribution in [0.5, 0.6) is 5.75 Å². The molecule has 11 heteroatoms. The number of aromatic nitrogens is 1. The maximum Gasteiger partial charge on any atom is 0.410 e. The standard InChI is InChI=1S/C30H34F2N2O6S/c1-6-38-27(36)20-15-34(16-10-11-16)24-18(25(20)35)13-12-17(26(24)39-28(31)32)23-14-19-21(8-7-9-22(19)41-23)33(5)29(37)40-30(2,3)4/h12-16,21,28H,6-11H2,1-5H3. The molecule has 1 aromatic carbocycles. The van der Waals surface area contributed by atoms with Crippen LogP contribution in [-0.4, -0.2) is 47.4 Å². The van der Waals surface area contributed by atoms with Crippen molar-refractivity contribution in [3.05, 3.63) is 50.6 Å². The van der Waals surface area contributed by atoms with E-state index in [1.54, 1.807) is 35.6 Å². The lowest BCUT2D eigenvalue weighted by Gasteiger charge is -2.33. The molecule has 1 amide bonds. The van der Waals surface area contributed by atoms with Gasteiger partial charge in [-0.05, 0) is 83.6 Å². The molecule has 3 aromatic rings. The van der Waals surface area contributed by atoms with E-state index in [-0.39, 0.29) is 40.9 Å². The molecule has 2 aromatic heterocycles. The maximum atomic E-state index is 13.9. The van der Waals surface area contributed by atoms with Crippen LogP contribution >= 0.6 is 11.3 Å². The van der Waals surface area contributed by atoms with Gasteiger partial charge in [0.1, 0.15) is 11.2 Å². The molecule has 0 N–H and O–H groups in total. The van der Waals surface area contributed by atoms with Crippen molar-refractivity contribution < 1.29 is 32.6 Å². The summed E-state index contributed by atoms with van der Waals surface area (Å²) in [6.45, 7) is 4.06. The highest BCUT2D eigenvalue weighted by Crippen LogP contribution is 2.47. The number of carbonyl (C=O) groups is 2. The van der Waals surface area contributed by atoms with Gasteiger partial charge in [-0.25, -0.2) is 9.59 Å². The fourth-order valence-corrected chi connectivity index (χ4v) is 6.62. The summed E-state index contributed by atoms with van der Waals surface area (Å²) in [5, 5.41) is 0.116. The fourth-order valence-electron chi connectivity index (χ4n) is 5.34. The number of hydrogen-bond acceptors (Lipinski definition) is 7. The summed E-state index contributed by atoms with van der Waals surface area (Å²) in [5.41, 5.74) is 0.238. The van der Waals surface area contributed by atoms with Crippen molar-refractivity contribution in [2.75, 3.05) is 13.7 Å². The largest absolute Gasteiger partial charge is 0.462 e. The summed E-state index contributed by atoms with van der Waals surface area (Å²) in [6.07, 6.45) is 4.95. The summed E-state index contributed by atoms with van der Waals surface area (Å²) in [4.78, 5) is 42.1. The first-order valence-corrected chi connectivity index (χ1v) is 14.6. The van der Waals surface area contributed by atoms with E-state index in [1.807, 2.05) is 26.8 Å². The molecular weight excluding hydrogens is 554 g/mol. The Hall–Kier alpha value is -3.47. The van der Waals surface area contributed by atoms with Gasteiger partial charge >= 0.3 is 18.7 Å². The number of pyridine rings is 1. The van der Waals surface area contributed by atoms with Crippen molar-refractivity contribution in [1.82, 2.24) is 9.47 Å². The molecule has 1 fully saturated rings. The van der Waals surface area contributed by atoms with Crippen LogP contribution < -0.4 is 10.2 Å². The number of benzene rings is 1. The average Bonchev–Trinajstić information content (AvgIpc) is 3.65. The van der Waals surface area contributed by atoms with Gasteiger partial charge in [0.05, 0.1) is 23.6 Å². The molecule has 41 heavy (non-hydrogen) atoms. The van der Waals surface area contributed by atoms with Crippen LogP contribution in [0.15, 0.2) is 29.2 Å². The first-order valence-electron chi connectivity index (χ1n) is 13.8. The van der Waals surface area contributed by atoms with Crippen LogP contribution in [-0.2, 0) is 15.9 Å². The number of fused-ring (bicyclic) bond motifs is 2. The Bertz CT molecular complexity index is 1550. The Morgan fingerprint density at radius 3 is 2.56 bits per heavy atom. The molecule has 0 bridgehead atoms. The molecule has 2 heterocycles. The highest BCUT2D eigenvalue weighted by atomic mass is 32.1. The minimum absolute atomic E-state index is 0.0510. The van der Waals surface area contributed by atoms with Gasteiger partial charge in [-0.1, -0.05) is 0 Å². The number of ether oxygens (including phenoxy) is 3. The first-order chi connectivity index (χ1) is 19.4. The van der Waals surface area contributed by atoms with Crippen LogP contribution in [0.3, 0.4) is 0 Å². The van der Waals surface area contributed by atoms with Crippen molar-refractivity contribution in [2.45, 2.75) is 84.1 Å². The maximum absolute atomic E-state index is 13.9. The van der Waals surface area contributed by atoms with Gasteiger partial charge in [0.2, 0.25) is 5.43 Å². The molecule has 2 aliphatic carbocycles. The lowest BCUT2D eigenvalue weighted by molar-refractivity contribution is -0.0486. The van der Waals surface area contributed by atoms with Gasteiger partial charge in [-0.3, -0.25) is 4.79 Å². The minimum atomic E-state index is -3.13. The Morgan fingerprint density at radius 2 is 1.93 bits per heavy atom. The van der Waals surface area contributed by atoms with Crippen LogP contribution in [0.25, 0.3) is 21.3 Å². The van der Waals surface area contributed by atoms with Crippen molar-refractivity contribution in [3.63, 3.8) is 0 Å². The lowest BCUT2D eigenvalue weighted by Crippen LogP contribution is -2.37. The number of carbonyl (C=O) groups excluding carboxylic acids is 2. The number of alkyl halides is 2. The zero-order valence-corrected chi connectivity index (χ0v) is 24.6. The van der Waals surface area contributed by atoms with Gasteiger partial charge in [0.25, 0.3) is 0 Å². The number of thiophene rings is 1. The zero-order valence-electron chi connectivity index (χ0n) is 23.8. The number of nitrogens with zero attached hydrogens (tertiary/aromatic N) is 2. The normalized spacial score (nSPS) is 16.9. The number of amides is 1. The van der Waals surface area contributed by atoms with Crippen molar-refractivity contribution in [3.8, 4) is 16.2 Å². The second-order valence-electron chi connectivity index (χ2n) is 11.4. The van der Waals surface area contributed by atoms with E-state index in [0.29, 0.717) is 10.4 Å². The van der Waals surface area contributed by atoms with Crippen LogP contribution in [0.2, 0.25) is 0 Å². The predicted molar refractivity (Wildman–Crippen MR) is 152 cm³/mol. The Balaban J connectivity index is 1.64. The number of halogens is 2. The smallest absolute Gasteiger partial charge is 0.410 e. The summed E-state index contributed by atoms with van der Waals surface area (Å²) in [5.74, 6) is -0.854. The molecule has 0 saturated heterocycles. The molecule has 220 valence electrons. The van der Waals surface area contributed by atoms with Gasteiger partial charge in [-0.15, -0.1) is 11.3 Å². The third kappa shape index (κ3) is 5.82. The van der Waals surface area contributed by atoms with Gasteiger partial charge < -0.3 is 23.7 Å². The number of esters is 1. The number of aryl methyl sites for hydroxylation is 1. The lowest BCUT2D eigenvalue weighted by atomic mass is 9.92. The van der Waals surface area contributed by atoms with Gasteiger partial charge in [0, 0.05) is 34.6 Å². The summed E-state index contributed by atoms with van der Waals surface area (Å²) in [7, 11) is 1.71. The molecule has 5 rings (SSSR count). The van der Waals surface area contributed by atoms with E-state index in [1.165, 1.54) is 17.5 Å². The SMILES string of the molecule is CCOC(=O)c1cn(C2CC2)c2c(OC(F)F)c(-c3cc4c(s3)CCCC4N(C)C(=O)OC(C)(C)C)ccc2c1=O.